The highest BCUT2D eigenvalue weighted by Crippen LogP contribution is 2.39. The van der Waals surface area contributed by atoms with Crippen molar-refractivity contribution in [1.82, 2.24) is 24.5 Å². The Hall–Kier alpha value is -3.94. The molecule has 0 radical (unpaired) electrons. The zero-order valence-corrected chi connectivity index (χ0v) is 18.1. The number of benzene rings is 2. The van der Waals surface area contributed by atoms with E-state index in [1.54, 1.807) is 21.6 Å². The van der Waals surface area contributed by atoms with Crippen LogP contribution in [0, 0.1) is 0 Å². The molecule has 0 aliphatic heterocycles. The number of carbonyl (C=O) groups excluding carboxylic acids is 1. The van der Waals surface area contributed by atoms with Crippen LogP contribution < -0.4 is 10.2 Å². The molecule has 1 saturated carbocycles. The lowest BCUT2D eigenvalue weighted by molar-refractivity contribution is 0.101. The molecule has 8 nitrogen and oxygen atoms in total. The van der Waals surface area contributed by atoms with Crippen LogP contribution in [0.2, 0.25) is 0 Å². The predicted molar refractivity (Wildman–Crippen MR) is 123 cm³/mol. The molecule has 32 heavy (non-hydrogen) atoms. The lowest BCUT2D eigenvalue weighted by atomic mass is 10.2. The fraction of sp³-hybridized carbons (Fsp3) is 0.250. The minimum absolute atomic E-state index is 0.166. The monoisotopic (exact) mass is 427 g/mol. The molecule has 2 aromatic carbocycles. The summed E-state index contributed by atoms with van der Waals surface area (Å²) < 4.78 is 3.55. The molecule has 0 atom stereocenters. The minimum Gasteiger partial charge on any atom is -0.378 e. The summed E-state index contributed by atoms with van der Waals surface area (Å²) >= 11 is 0. The number of hydrogen-bond donors (Lipinski definition) is 1. The van der Waals surface area contributed by atoms with Crippen molar-refractivity contribution >= 4 is 17.4 Å². The second-order valence-electron chi connectivity index (χ2n) is 8.20. The number of nitrogens with one attached hydrogen (secondary N) is 1. The number of aromatic nitrogens is 5. The van der Waals surface area contributed by atoms with Gasteiger partial charge in [-0.3, -0.25) is 4.79 Å². The Balaban J connectivity index is 1.35. The lowest BCUT2D eigenvalue weighted by Gasteiger charge is -2.13. The Morgan fingerprint density at radius 3 is 2.50 bits per heavy atom. The Labute approximate surface area is 186 Å². The zero-order chi connectivity index (χ0) is 22.1. The minimum atomic E-state index is -0.341. The first-order chi connectivity index (χ1) is 15.6. The Morgan fingerprint density at radius 2 is 1.81 bits per heavy atom. The van der Waals surface area contributed by atoms with Gasteiger partial charge in [0.1, 0.15) is 11.6 Å². The van der Waals surface area contributed by atoms with Crippen molar-refractivity contribution in [2.24, 2.45) is 0 Å². The summed E-state index contributed by atoms with van der Waals surface area (Å²) in [6.45, 7) is 0.551. The molecule has 0 bridgehead atoms. The molecule has 8 heteroatoms. The van der Waals surface area contributed by atoms with E-state index in [4.69, 9.17) is 0 Å². The first-order valence-corrected chi connectivity index (χ1v) is 10.7. The van der Waals surface area contributed by atoms with Crippen LogP contribution in [-0.4, -0.2) is 44.5 Å². The smallest absolute Gasteiger partial charge is 0.296 e. The molecule has 1 aliphatic carbocycles. The van der Waals surface area contributed by atoms with Crippen molar-refractivity contribution in [2.45, 2.75) is 25.3 Å². The molecule has 1 aliphatic rings. The van der Waals surface area contributed by atoms with Gasteiger partial charge >= 0.3 is 0 Å². The lowest BCUT2D eigenvalue weighted by Crippen LogP contribution is -2.18. The quantitative estimate of drug-likeness (QED) is 0.486. The number of nitrogens with zero attached hydrogens (tertiary/aromatic N) is 6. The van der Waals surface area contributed by atoms with Gasteiger partial charge in [0.2, 0.25) is 5.82 Å². The van der Waals surface area contributed by atoms with Gasteiger partial charge < -0.3 is 10.2 Å². The SMILES string of the molecule is CN(C)c1ccc(Cn2nccc2NC(=O)c2nc(C3CC3)n(-c3ccccc3)n2)cc1. The van der Waals surface area contributed by atoms with Crippen molar-refractivity contribution < 1.29 is 4.79 Å². The number of para-hydroxylation sites is 1. The van der Waals surface area contributed by atoms with E-state index in [0.29, 0.717) is 18.3 Å². The third-order valence-electron chi connectivity index (χ3n) is 5.52. The number of rotatable bonds is 7. The maximum absolute atomic E-state index is 13.0. The summed E-state index contributed by atoms with van der Waals surface area (Å²) in [5.41, 5.74) is 3.14. The largest absolute Gasteiger partial charge is 0.378 e. The third-order valence-corrected chi connectivity index (χ3v) is 5.52. The third kappa shape index (κ3) is 4.12. The van der Waals surface area contributed by atoms with E-state index in [1.807, 2.05) is 44.4 Å². The van der Waals surface area contributed by atoms with E-state index in [-0.39, 0.29) is 11.7 Å². The van der Waals surface area contributed by atoms with Crippen LogP contribution in [0.1, 0.15) is 40.8 Å². The summed E-state index contributed by atoms with van der Waals surface area (Å²) in [7, 11) is 4.02. The molecule has 0 unspecified atom stereocenters. The van der Waals surface area contributed by atoms with Gasteiger partial charge in [0.25, 0.3) is 5.91 Å². The molecule has 1 fully saturated rings. The Morgan fingerprint density at radius 1 is 1.06 bits per heavy atom. The van der Waals surface area contributed by atoms with Gasteiger partial charge in [-0.2, -0.15) is 5.10 Å². The Kier molecular flexibility index (Phi) is 5.18. The van der Waals surface area contributed by atoms with Crippen LogP contribution in [0.5, 0.6) is 0 Å². The van der Waals surface area contributed by atoms with Gasteiger partial charge in [0.05, 0.1) is 18.4 Å². The van der Waals surface area contributed by atoms with E-state index in [2.05, 4.69) is 49.7 Å². The molecule has 1 N–H and O–H groups in total. The van der Waals surface area contributed by atoms with Crippen molar-refractivity contribution in [3.8, 4) is 5.69 Å². The van der Waals surface area contributed by atoms with Crippen LogP contribution in [0.3, 0.4) is 0 Å². The van der Waals surface area contributed by atoms with Gasteiger partial charge in [0, 0.05) is 31.8 Å². The maximum atomic E-state index is 13.0. The van der Waals surface area contributed by atoms with Gasteiger partial charge in [-0.15, -0.1) is 5.10 Å². The summed E-state index contributed by atoms with van der Waals surface area (Å²) in [5, 5.41) is 11.8. The van der Waals surface area contributed by atoms with Gasteiger partial charge in [-0.05, 0) is 42.7 Å². The van der Waals surface area contributed by atoms with E-state index >= 15 is 0 Å². The molecule has 162 valence electrons. The number of anilines is 2. The summed E-state index contributed by atoms with van der Waals surface area (Å²) in [5.74, 6) is 1.64. The molecule has 0 saturated heterocycles. The average Bonchev–Trinajstić information content (AvgIpc) is 3.41. The van der Waals surface area contributed by atoms with Gasteiger partial charge in [-0.25, -0.2) is 14.3 Å². The first-order valence-electron chi connectivity index (χ1n) is 10.7. The van der Waals surface area contributed by atoms with E-state index < -0.39 is 0 Å². The normalized spacial score (nSPS) is 13.2. The highest BCUT2D eigenvalue weighted by Gasteiger charge is 2.31. The van der Waals surface area contributed by atoms with Gasteiger partial charge in [-0.1, -0.05) is 30.3 Å². The molecule has 0 spiro atoms. The van der Waals surface area contributed by atoms with Crippen LogP contribution in [0.4, 0.5) is 11.5 Å². The molecule has 2 heterocycles. The standard InChI is InChI=1S/C24H25N7O/c1-29(2)19-12-8-17(9-13-19)16-30-21(14-15-25-30)26-24(32)22-27-23(18-10-11-18)31(28-22)20-6-4-3-5-7-20/h3-9,12-15,18H,10-11,16H2,1-2H3,(H,26,32). The maximum Gasteiger partial charge on any atom is 0.296 e. The Bertz CT molecular complexity index is 1220. The molecule has 2 aromatic heterocycles. The van der Waals surface area contributed by atoms with Crippen molar-refractivity contribution in [1.29, 1.82) is 0 Å². The highest BCUT2D eigenvalue weighted by atomic mass is 16.2. The number of carbonyl (C=O) groups is 1. The van der Waals surface area contributed by atoms with Crippen molar-refractivity contribution in [3.05, 3.63) is 84.1 Å². The predicted octanol–water partition coefficient (Wildman–Crippen LogP) is 3.71. The summed E-state index contributed by atoms with van der Waals surface area (Å²) in [6.07, 6.45) is 3.83. The number of hydrogen-bond acceptors (Lipinski definition) is 5. The fourth-order valence-electron chi connectivity index (χ4n) is 3.59. The second kappa shape index (κ2) is 8.30. The molecule has 5 rings (SSSR count). The molecular weight excluding hydrogens is 402 g/mol. The van der Waals surface area contributed by atoms with Gasteiger partial charge in [0.15, 0.2) is 0 Å². The molecule has 1 amide bonds. The van der Waals surface area contributed by atoms with E-state index in [0.717, 1.165) is 35.6 Å². The number of amides is 1. The van der Waals surface area contributed by atoms with E-state index in [9.17, 15) is 4.79 Å². The van der Waals surface area contributed by atoms with Crippen LogP contribution in [0.25, 0.3) is 5.69 Å². The van der Waals surface area contributed by atoms with Crippen LogP contribution in [0.15, 0.2) is 66.9 Å². The first kappa shape index (κ1) is 20.0. The fourth-order valence-corrected chi connectivity index (χ4v) is 3.59. The van der Waals surface area contributed by atoms with Crippen LogP contribution >= 0.6 is 0 Å². The second-order valence-corrected chi connectivity index (χ2v) is 8.20. The van der Waals surface area contributed by atoms with Crippen molar-refractivity contribution in [2.75, 3.05) is 24.3 Å². The van der Waals surface area contributed by atoms with Crippen molar-refractivity contribution in [3.63, 3.8) is 0 Å². The average molecular weight is 428 g/mol. The summed E-state index contributed by atoms with van der Waals surface area (Å²) in [6, 6.07) is 19.8. The molecule has 4 aromatic rings. The van der Waals surface area contributed by atoms with Crippen LogP contribution in [-0.2, 0) is 6.54 Å². The van der Waals surface area contributed by atoms with E-state index in [1.165, 1.54) is 0 Å². The zero-order valence-electron chi connectivity index (χ0n) is 18.1. The summed E-state index contributed by atoms with van der Waals surface area (Å²) in [4.78, 5) is 19.6. The topological polar surface area (TPSA) is 80.9 Å². The highest BCUT2D eigenvalue weighted by molar-refractivity contribution is 6.01. The molecular formula is C24H25N7O.